The van der Waals surface area contributed by atoms with Crippen LogP contribution in [0.1, 0.15) is 39.0 Å². The van der Waals surface area contributed by atoms with Crippen LogP contribution in [0.15, 0.2) is 30.3 Å². The lowest BCUT2D eigenvalue weighted by Crippen LogP contribution is -2.44. The third-order valence-corrected chi connectivity index (χ3v) is 4.38. The minimum atomic E-state index is 0.351. The first-order chi connectivity index (χ1) is 8.79. The van der Waals surface area contributed by atoms with Gasteiger partial charge in [-0.3, -0.25) is 0 Å². The van der Waals surface area contributed by atoms with Crippen molar-refractivity contribution in [2.75, 3.05) is 24.5 Å². The van der Waals surface area contributed by atoms with E-state index in [2.05, 4.69) is 42.2 Å². The van der Waals surface area contributed by atoms with E-state index in [-0.39, 0.29) is 0 Å². The Bertz CT molecular complexity index is 341. The number of hydrogen-bond donors (Lipinski definition) is 1. The zero-order valence-corrected chi connectivity index (χ0v) is 11.6. The highest BCUT2D eigenvalue weighted by Gasteiger charge is 2.32. The topological polar surface area (TPSA) is 29.3 Å². The molecular weight excluding hydrogens is 220 g/mol. The molecule has 1 aliphatic rings. The summed E-state index contributed by atoms with van der Waals surface area (Å²) in [5, 5.41) is 0. The maximum absolute atomic E-state index is 6.09. The smallest absolute Gasteiger partial charge is 0.0366 e. The lowest BCUT2D eigenvalue weighted by molar-refractivity contribution is 0.204. The Kier molecular flexibility index (Phi) is 4.65. The molecule has 2 nitrogen and oxygen atoms in total. The summed E-state index contributed by atoms with van der Waals surface area (Å²) in [7, 11) is 0. The normalized spacial score (nSPS) is 18.6. The van der Waals surface area contributed by atoms with Crippen molar-refractivity contribution in [1.29, 1.82) is 0 Å². The molecule has 100 valence electrons. The molecule has 0 aliphatic heterocycles. The second kappa shape index (κ2) is 6.24. The predicted octanol–water partition coefficient (Wildman–Crippen LogP) is 3.42. The van der Waals surface area contributed by atoms with Crippen molar-refractivity contribution in [3.8, 4) is 0 Å². The van der Waals surface area contributed by atoms with Gasteiger partial charge in [-0.2, -0.15) is 0 Å². The first-order valence-electron chi connectivity index (χ1n) is 7.30. The number of rotatable bonds is 5. The van der Waals surface area contributed by atoms with Gasteiger partial charge in [0.1, 0.15) is 0 Å². The number of nitrogens with two attached hydrogens (primary N) is 1. The number of anilines is 1. The van der Waals surface area contributed by atoms with Crippen molar-refractivity contribution in [3.63, 3.8) is 0 Å². The number of hydrogen-bond acceptors (Lipinski definition) is 2. The second-order valence-corrected chi connectivity index (χ2v) is 5.61. The Labute approximate surface area is 111 Å². The molecule has 0 bridgehead atoms. The summed E-state index contributed by atoms with van der Waals surface area (Å²) >= 11 is 0. The van der Waals surface area contributed by atoms with Gasteiger partial charge in [0.25, 0.3) is 0 Å². The molecule has 1 aromatic rings. The minimum Gasteiger partial charge on any atom is -0.371 e. The lowest BCUT2D eigenvalue weighted by atomic mass is 9.73. The second-order valence-electron chi connectivity index (χ2n) is 5.61. The number of benzene rings is 1. The van der Waals surface area contributed by atoms with E-state index in [1.54, 1.807) is 0 Å². The molecular formula is C16H26N2. The standard InChI is InChI=1S/C16H26N2/c1-2-18(15-9-5-3-6-10-15)14-16(13-17)11-7-4-8-12-16/h3,5-6,9-10H,2,4,7-8,11-14,17H2,1H3. The van der Waals surface area contributed by atoms with Crippen molar-refractivity contribution >= 4 is 5.69 Å². The van der Waals surface area contributed by atoms with Crippen LogP contribution >= 0.6 is 0 Å². The Morgan fingerprint density at radius 3 is 2.33 bits per heavy atom. The average molecular weight is 246 g/mol. The quantitative estimate of drug-likeness (QED) is 0.862. The fourth-order valence-corrected chi connectivity index (χ4v) is 3.16. The molecule has 0 atom stereocenters. The molecule has 1 saturated carbocycles. The van der Waals surface area contributed by atoms with Gasteiger partial charge in [-0.15, -0.1) is 0 Å². The third-order valence-electron chi connectivity index (χ3n) is 4.38. The van der Waals surface area contributed by atoms with E-state index in [4.69, 9.17) is 5.73 Å². The maximum Gasteiger partial charge on any atom is 0.0366 e. The summed E-state index contributed by atoms with van der Waals surface area (Å²) < 4.78 is 0. The summed E-state index contributed by atoms with van der Waals surface area (Å²) in [5.41, 5.74) is 7.78. The van der Waals surface area contributed by atoms with Gasteiger partial charge >= 0.3 is 0 Å². The van der Waals surface area contributed by atoms with Gasteiger partial charge in [-0.25, -0.2) is 0 Å². The van der Waals surface area contributed by atoms with Gasteiger partial charge < -0.3 is 10.6 Å². The Morgan fingerprint density at radius 2 is 1.78 bits per heavy atom. The SMILES string of the molecule is CCN(CC1(CN)CCCCC1)c1ccccc1. The van der Waals surface area contributed by atoms with E-state index in [9.17, 15) is 0 Å². The molecule has 1 fully saturated rings. The number of para-hydroxylation sites is 1. The number of nitrogens with zero attached hydrogens (tertiary/aromatic N) is 1. The zero-order chi connectivity index (χ0) is 12.8. The zero-order valence-electron chi connectivity index (χ0n) is 11.6. The molecule has 2 heteroatoms. The van der Waals surface area contributed by atoms with E-state index in [1.807, 2.05) is 0 Å². The average Bonchev–Trinajstić information content (AvgIpc) is 2.47. The molecule has 18 heavy (non-hydrogen) atoms. The molecule has 0 spiro atoms. The molecule has 0 amide bonds. The lowest BCUT2D eigenvalue weighted by Gasteiger charge is -2.41. The van der Waals surface area contributed by atoms with Crippen LogP contribution in [0.5, 0.6) is 0 Å². The van der Waals surface area contributed by atoms with Crippen LogP contribution in [0.2, 0.25) is 0 Å². The van der Waals surface area contributed by atoms with Crippen LogP contribution in [-0.4, -0.2) is 19.6 Å². The predicted molar refractivity (Wildman–Crippen MR) is 78.9 cm³/mol. The van der Waals surface area contributed by atoms with Crippen LogP contribution in [0, 0.1) is 5.41 Å². The Hall–Kier alpha value is -1.02. The van der Waals surface area contributed by atoms with Crippen LogP contribution in [0.4, 0.5) is 5.69 Å². The minimum absolute atomic E-state index is 0.351. The van der Waals surface area contributed by atoms with Crippen molar-refractivity contribution in [3.05, 3.63) is 30.3 Å². The van der Waals surface area contributed by atoms with Crippen LogP contribution in [-0.2, 0) is 0 Å². The van der Waals surface area contributed by atoms with E-state index >= 15 is 0 Å². The first-order valence-corrected chi connectivity index (χ1v) is 7.30. The highest BCUT2D eigenvalue weighted by molar-refractivity contribution is 5.46. The van der Waals surface area contributed by atoms with Crippen LogP contribution < -0.4 is 10.6 Å². The van der Waals surface area contributed by atoms with Crippen LogP contribution in [0.3, 0.4) is 0 Å². The molecule has 1 aliphatic carbocycles. The first kappa shape index (κ1) is 13.4. The van der Waals surface area contributed by atoms with Gasteiger partial charge in [-0.1, -0.05) is 37.5 Å². The largest absolute Gasteiger partial charge is 0.371 e. The summed E-state index contributed by atoms with van der Waals surface area (Å²) in [6.45, 7) is 5.24. The summed E-state index contributed by atoms with van der Waals surface area (Å²) in [6.07, 6.45) is 6.69. The van der Waals surface area contributed by atoms with Gasteiger partial charge in [0.2, 0.25) is 0 Å². The van der Waals surface area contributed by atoms with E-state index < -0.39 is 0 Å². The fourth-order valence-electron chi connectivity index (χ4n) is 3.16. The molecule has 0 heterocycles. The molecule has 0 aromatic heterocycles. The summed E-state index contributed by atoms with van der Waals surface area (Å²) in [5.74, 6) is 0. The van der Waals surface area contributed by atoms with E-state index in [1.165, 1.54) is 37.8 Å². The molecule has 2 N–H and O–H groups in total. The van der Waals surface area contributed by atoms with Crippen molar-refractivity contribution < 1.29 is 0 Å². The van der Waals surface area contributed by atoms with Crippen molar-refractivity contribution in [2.45, 2.75) is 39.0 Å². The van der Waals surface area contributed by atoms with Crippen LogP contribution in [0.25, 0.3) is 0 Å². The van der Waals surface area contributed by atoms with Gasteiger partial charge in [0.15, 0.2) is 0 Å². The van der Waals surface area contributed by atoms with Crippen molar-refractivity contribution in [2.24, 2.45) is 11.1 Å². The molecule has 1 aromatic carbocycles. The Morgan fingerprint density at radius 1 is 1.11 bits per heavy atom. The Balaban J connectivity index is 2.09. The monoisotopic (exact) mass is 246 g/mol. The fraction of sp³-hybridized carbons (Fsp3) is 0.625. The third kappa shape index (κ3) is 3.05. The summed E-state index contributed by atoms with van der Waals surface area (Å²) in [4.78, 5) is 2.48. The van der Waals surface area contributed by atoms with Gasteiger partial charge in [-0.05, 0) is 38.4 Å². The summed E-state index contributed by atoms with van der Waals surface area (Å²) in [6, 6.07) is 10.7. The maximum atomic E-state index is 6.09. The molecule has 0 unspecified atom stereocenters. The van der Waals surface area contributed by atoms with E-state index in [0.29, 0.717) is 5.41 Å². The van der Waals surface area contributed by atoms with Gasteiger partial charge in [0, 0.05) is 24.2 Å². The van der Waals surface area contributed by atoms with E-state index in [0.717, 1.165) is 19.6 Å². The molecule has 2 rings (SSSR count). The highest BCUT2D eigenvalue weighted by atomic mass is 15.1. The highest BCUT2D eigenvalue weighted by Crippen LogP contribution is 2.37. The molecule has 0 saturated heterocycles. The molecule has 0 radical (unpaired) electrons. The van der Waals surface area contributed by atoms with Gasteiger partial charge in [0.05, 0.1) is 0 Å². The van der Waals surface area contributed by atoms with Crippen molar-refractivity contribution in [1.82, 2.24) is 0 Å².